The van der Waals surface area contributed by atoms with Crippen LogP contribution in [0, 0.1) is 0 Å². The van der Waals surface area contributed by atoms with Gasteiger partial charge in [0.2, 0.25) is 5.91 Å². The number of nitrogens with one attached hydrogen (secondary N) is 1. The van der Waals surface area contributed by atoms with Gasteiger partial charge in [0.05, 0.1) is 25.4 Å². The van der Waals surface area contributed by atoms with Crippen LogP contribution in [-0.4, -0.2) is 47.4 Å². The first-order valence-electron chi connectivity index (χ1n) is 28.4. The summed E-state index contributed by atoms with van der Waals surface area (Å²) in [7, 11) is 0. The standard InChI is InChI=1S/C59H109NO5/c1-3-5-7-9-11-13-15-28-33-37-41-45-49-53-59(64)65-54-50-46-42-38-34-30-27-25-23-21-19-17-18-20-22-24-26-29-32-36-40-44-48-52-58(63)60-56(55-61)57(62)51-47-43-39-35-31-16-14-12-10-8-6-4-2/h7,9,13,15,17,19-20,22,56-57,61-62H,3-6,8,10-12,14,16,18,21,23-55H2,1-2H3,(H,60,63)/b9-7-,15-13-,19-17-,22-20-. The SMILES string of the molecule is CCC/C=C\C/C=C\CCCCCCCC(=O)OCCCCCCCCCCC/C=C\C/C=C\CCCCCCCCCC(=O)NC(CO)C(O)CCCCCCCCCCCCCC. The third kappa shape index (κ3) is 51.1. The molecule has 380 valence electrons. The Balaban J connectivity index is 3.46. The van der Waals surface area contributed by atoms with Crippen molar-refractivity contribution in [3.8, 4) is 0 Å². The second-order valence-corrected chi connectivity index (χ2v) is 19.3. The summed E-state index contributed by atoms with van der Waals surface area (Å²) in [6.45, 7) is 4.86. The van der Waals surface area contributed by atoms with Crippen LogP contribution in [0.5, 0.6) is 0 Å². The molecule has 0 aliphatic rings. The van der Waals surface area contributed by atoms with Crippen LogP contribution in [0.1, 0.15) is 290 Å². The average molecular weight is 913 g/mol. The Hall–Kier alpha value is -2.18. The van der Waals surface area contributed by atoms with Gasteiger partial charge in [0.15, 0.2) is 0 Å². The summed E-state index contributed by atoms with van der Waals surface area (Å²) in [5, 5.41) is 23.2. The Bertz CT molecular complexity index is 1100. The van der Waals surface area contributed by atoms with Crippen LogP contribution in [-0.2, 0) is 14.3 Å². The second kappa shape index (κ2) is 54.4. The molecule has 6 heteroatoms. The van der Waals surface area contributed by atoms with Gasteiger partial charge in [-0.05, 0) is 83.5 Å². The van der Waals surface area contributed by atoms with E-state index in [1.54, 1.807) is 0 Å². The van der Waals surface area contributed by atoms with E-state index >= 15 is 0 Å². The van der Waals surface area contributed by atoms with E-state index in [2.05, 4.69) is 67.8 Å². The maximum absolute atomic E-state index is 12.4. The summed E-state index contributed by atoms with van der Waals surface area (Å²) < 4.78 is 5.46. The van der Waals surface area contributed by atoms with Gasteiger partial charge in [-0.15, -0.1) is 0 Å². The molecular weight excluding hydrogens is 803 g/mol. The molecule has 2 unspecified atom stereocenters. The van der Waals surface area contributed by atoms with Crippen LogP contribution in [0.3, 0.4) is 0 Å². The van der Waals surface area contributed by atoms with E-state index in [0.717, 1.165) is 70.6 Å². The molecule has 6 nitrogen and oxygen atoms in total. The monoisotopic (exact) mass is 912 g/mol. The lowest BCUT2D eigenvalue weighted by molar-refractivity contribution is -0.143. The molecule has 0 heterocycles. The van der Waals surface area contributed by atoms with Crippen molar-refractivity contribution in [2.75, 3.05) is 13.2 Å². The maximum atomic E-state index is 12.4. The number of aliphatic hydroxyl groups excluding tert-OH is 2. The molecule has 2 atom stereocenters. The van der Waals surface area contributed by atoms with Gasteiger partial charge in [0.1, 0.15) is 0 Å². The van der Waals surface area contributed by atoms with Crippen LogP contribution in [0.15, 0.2) is 48.6 Å². The molecule has 0 rings (SSSR count). The molecule has 0 aliphatic heterocycles. The Morgan fingerprint density at radius 2 is 0.800 bits per heavy atom. The molecule has 0 radical (unpaired) electrons. The predicted molar refractivity (Wildman–Crippen MR) is 282 cm³/mol. The molecule has 0 aliphatic carbocycles. The first-order chi connectivity index (χ1) is 32.0. The van der Waals surface area contributed by atoms with Gasteiger partial charge in [-0.25, -0.2) is 0 Å². The fraction of sp³-hybridized carbons (Fsp3) is 0.831. The van der Waals surface area contributed by atoms with Crippen molar-refractivity contribution in [2.24, 2.45) is 0 Å². The number of aliphatic hydroxyl groups is 2. The molecule has 0 bridgehead atoms. The minimum absolute atomic E-state index is 0.00897. The third-order valence-corrected chi connectivity index (χ3v) is 12.8. The van der Waals surface area contributed by atoms with Crippen LogP contribution in [0.25, 0.3) is 0 Å². The zero-order chi connectivity index (χ0) is 47.2. The lowest BCUT2D eigenvalue weighted by atomic mass is 10.0. The topological polar surface area (TPSA) is 95.9 Å². The number of ether oxygens (including phenoxy) is 1. The third-order valence-electron chi connectivity index (χ3n) is 12.8. The highest BCUT2D eigenvalue weighted by Crippen LogP contribution is 2.16. The predicted octanol–water partition coefficient (Wildman–Crippen LogP) is 17.4. The van der Waals surface area contributed by atoms with Gasteiger partial charge in [0, 0.05) is 12.8 Å². The summed E-state index contributed by atoms with van der Waals surface area (Å²) >= 11 is 0. The smallest absolute Gasteiger partial charge is 0.305 e. The van der Waals surface area contributed by atoms with Gasteiger partial charge in [-0.2, -0.15) is 0 Å². The first kappa shape index (κ1) is 62.8. The molecule has 0 aromatic carbocycles. The zero-order valence-corrected chi connectivity index (χ0v) is 43.2. The highest BCUT2D eigenvalue weighted by molar-refractivity contribution is 5.76. The Labute approximate surface area is 404 Å². The quantitative estimate of drug-likeness (QED) is 0.0321. The number of carbonyl (C=O) groups excluding carboxylic acids is 2. The van der Waals surface area contributed by atoms with Gasteiger partial charge in [-0.3, -0.25) is 9.59 Å². The zero-order valence-electron chi connectivity index (χ0n) is 43.2. The minimum atomic E-state index is -0.670. The first-order valence-corrected chi connectivity index (χ1v) is 28.4. The van der Waals surface area contributed by atoms with Crippen molar-refractivity contribution in [3.05, 3.63) is 48.6 Å². The van der Waals surface area contributed by atoms with Crippen LogP contribution < -0.4 is 5.32 Å². The van der Waals surface area contributed by atoms with E-state index in [4.69, 9.17) is 4.74 Å². The summed E-state index contributed by atoms with van der Waals surface area (Å²) in [6, 6.07) is -0.549. The number of allylic oxidation sites excluding steroid dienone is 8. The molecule has 3 N–H and O–H groups in total. The molecular formula is C59H109NO5. The highest BCUT2D eigenvalue weighted by Gasteiger charge is 2.20. The number of unbranched alkanes of at least 4 members (excludes halogenated alkanes) is 33. The van der Waals surface area contributed by atoms with Gasteiger partial charge < -0.3 is 20.3 Å². The largest absolute Gasteiger partial charge is 0.466 e. The maximum Gasteiger partial charge on any atom is 0.305 e. The summed E-state index contributed by atoms with van der Waals surface area (Å²) in [5.41, 5.74) is 0. The number of esters is 1. The van der Waals surface area contributed by atoms with Crippen molar-refractivity contribution in [1.82, 2.24) is 5.32 Å². The van der Waals surface area contributed by atoms with Crippen molar-refractivity contribution in [2.45, 2.75) is 302 Å². The Morgan fingerprint density at radius 1 is 0.431 bits per heavy atom. The molecule has 1 amide bonds. The van der Waals surface area contributed by atoms with Crippen molar-refractivity contribution in [1.29, 1.82) is 0 Å². The van der Waals surface area contributed by atoms with Gasteiger partial charge in [0.25, 0.3) is 0 Å². The Morgan fingerprint density at radius 3 is 1.23 bits per heavy atom. The number of hydrogen-bond donors (Lipinski definition) is 3. The molecule has 0 aromatic heterocycles. The number of hydrogen-bond acceptors (Lipinski definition) is 5. The fourth-order valence-corrected chi connectivity index (χ4v) is 8.47. The lowest BCUT2D eigenvalue weighted by Gasteiger charge is -2.22. The lowest BCUT2D eigenvalue weighted by Crippen LogP contribution is -2.45. The molecule has 0 aromatic rings. The summed E-state index contributed by atoms with van der Waals surface area (Å²) in [4.78, 5) is 24.4. The van der Waals surface area contributed by atoms with E-state index in [1.165, 1.54) is 186 Å². The van der Waals surface area contributed by atoms with E-state index in [9.17, 15) is 19.8 Å². The van der Waals surface area contributed by atoms with Gasteiger partial charge >= 0.3 is 5.97 Å². The van der Waals surface area contributed by atoms with Crippen LogP contribution in [0.2, 0.25) is 0 Å². The normalized spacial score (nSPS) is 13.0. The Kier molecular flexibility index (Phi) is 52.6. The van der Waals surface area contributed by atoms with E-state index in [-0.39, 0.29) is 18.5 Å². The average Bonchev–Trinajstić information content (AvgIpc) is 3.31. The van der Waals surface area contributed by atoms with E-state index in [0.29, 0.717) is 25.9 Å². The van der Waals surface area contributed by atoms with E-state index < -0.39 is 12.1 Å². The molecule has 0 fully saturated rings. The van der Waals surface area contributed by atoms with Crippen molar-refractivity contribution in [3.63, 3.8) is 0 Å². The van der Waals surface area contributed by atoms with Crippen molar-refractivity contribution < 1.29 is 24.5 Å². The van der Waals surface area contributed by atoms with E-state index in [1.807, 2.05) is 0 Å². The fourth-order valence-electron chi connectivity index (χ4n) is 8.47. The van der Waals surface area contributed by atoms with Gasteiger partial charge in [-0.1, -0.05) is 242 Å². The molecule has 0 saturated heterocycles. The molecule has 0 saturated carbocycles. The highest BCUT2D eigenvalue weighted by atomic mass is 16.5. The van der Waals surface area contributed by atoms with Crippen LogP contribution >= 0.6 is 0 Å². The van der Waals surface area contributed by atoms with Crippen LogP contribution in [0.4, 0.5) is 0 Å². The molecule has 0 spiro atoms. The second-order valence-electron chi connectivity index (χ2n) is 19.3. The van der Waals surface area contributed by atoms with Crippen molar-refractivity contribution >= 4 is 11.9 Å². The summed E-state index contributed by atoms with van der Waals surface area (Å²) in [6.07, 6.45) is 68.2. The number of carbonyl (C=O) groups is 2. The summed E-state index contributed by atoms with van der Waals surface area (Å²) in [5.74, 6) is -0.0557. The number of rotatable bonds is 52. The minimum Gasteiger partial charge on any atom is -0.466 e. The molecule has 65 heavy (non-hydrogen) atoms. The number of amides is 1.